The molecule has 422 valence electrons. The van der Waals surface area contributed by atoms with Crippen LogP contribution in [0.25, 0.3) is 0 Å². The summed E-state index contributed by atoms with van der Waals surface area (Å²) in [4.78, 5) is 38.2. The monoisotopic (exact) mass is 1030 g/mol. The summed E-state index contributed by atoms with van der Waals surface area (Å²) in [6, 6.07) is 0. The van der Waals surface area contributed by atoms with Gasteiger partial charge in [-0.25, -0.2) is 0 Å². The highest BCUT2D eigenvalue weighted by Crippen LogP contribution is 2.14. The van der Waals surface area contributed by atoms with Crippen LogP contribution in [-0.2, 0) is 28.6 Å². The maximum atomic E-state index is 12.9. The number of allylic oxidation sites excluding steroid dienone is 24. The van der Waals surface area contributed by atoms with E-state index in [4.69, 9.17) is 14.2 Å². The van der Waals surface area contributed by atoms with E-state index in [0.29, 0.717) is 19.3 Å². The fraction of sp³-hybridized carbons (Fsp3) is 0.609. The van der Waals surface area contributed by atoms with Crippen LogP contribution in [0.3, 0.4) is 0 Å². The molecule has 75 heavy (non-hydrogen) atoms. The van der Waals surface area contributed by atoms with Crippen molar-refractivity contribution < 1.29 is 28.6 Å². The molecule has 0 radical (unpaired) electrons. The number of unbranched alkanes of at least 4 members (excludes halogenated alkanes) is 18. The second-order valence-corrected chi connectivity index (χ2v) is 19.5. The van der Waals surface area contributed by atoms with Gasteiger partial charge in [0.1, 0.15) is 13.2 Å². The molecule has 0 bridgehead atoms. The minimum absolute atomic E-state index is 0.102. The average Bonchev–Trinajstić information content (AvgIpc) is 3.41. The largest absolute Gasteiger partial charge is 0.462 e. The Morgan fingerprint density at radius 1 is 0.267 bits per heavy atom. The first-order valence-electron chi connectivity index (χ1n) is 30.3. The van der Waals surface area contributed by atoms with Crippen molar-refractivity contribution in [2.45, 2.75) is 258 Å². The van der Waals surface area contributed by atoms with E-state index in [2.05, 4.69) is 167 Å². The molecule has 0 aromatic rings. The number of carbonyl (C=O) groups is 3. The van der Waals surface area contributed by atoms with Gasteiger partial charge in [0.05, 0.1) is 0 Å². The fourth-order valence-electron chi connectivity index (χ4n) is 7.89. The Morgan fingerprint density at radius 3 is 0.760 bits per heavy atom. The van der Waals surface area contributed by atoms with E-state index in [1.54, 1.807) is 0 Å². The molecule has 0 heterocycles. The molecule has 0 spiro atoms. The Balaban J connectivity index is 4.41. The molecule has 0 aliphatic heterocycles. The molecule has 6 heteroatoms. The summed E-state index contributed by atoms with van der Waals surface area (Å²) in [7, 11) is 0. The van der Waals surface area contributed by atoms with E-state index in [1.807, 2.05) is 0 Å². The summed E-state index contributed by atoms with van der Waals surface area (Å²) in [5.74, 6) is -0.955. The van der Waals surface area contributed by atoms with Crippen molar-refractivity contribution in [1.82, 2.24) is 0 Å². The van der Waals surface area contributed by atoms with Crippen LogP contribution in [0.15, 0.2) is 146 Å². The third kappa shape index (κ3) is 60.0. The highest BCUT2D eigenvalue weighted by molar-refractivity contribution is 5.71. The van der Waals surface area contributed by atoms with Gasteiger partial charge in [-0.2, -0.15) is 0 Å². The first-order valence-corrected chi connectivity index (χ1v) is 30.3. The van der Waals surface area contributed by atoms with Crippen LogP contribution in [0.2, 0.25) is 0 Å². The van der Waals surface area contributed by atoms with Gasteiger partial charge in [0.25, 0.3) is 0 Å². The van der Waals surface area contributed by atoms with E-state index in [0.717, 1.165) is 161 Å². The van der Waals surface area contributed by atoms with Gasteiger partial charge in [-0.05, 0) is 135 Å². The Kier molecular flexibility index (Phi) is 58.0. The van der Waals surface area contributed by atoms with Crippen molar-refractivity contribution in [2.75, 3.05) is 13.2 Å². The highest BCUT2D eigenvalue weighted by Gasteiger charge is 2.19. The molecule has 0 rings (SSSR count). The van der Waals surface area contributed by atoms with Crippen LogP contribution < -0.4 is 0 Å². The van der Waals surface area contributed by atoms with Gasteiger partial charge < -0.3 is 14.2 Å². The summed E-state index contributed by atoms with van der Waals surface area (Å²) in [6.45, 7) is 6.25. The van der Waals surface area contributed by atoms with Crippen molar-refractivity contribution >= 4 is 17.9 Å². The van der Waals surface area contributed by atoms with E-state index in [1.165, 1.54) is 51.4 Å². The van der Waals surface area contributed by atoms with Gasteiger partial charge in [-0.1, -0.05) is 244 Å². The lowest BCUT2D eigenvalue weighted by atomic mass is 10.1. The smallest absolute Gasteiger partial charge is 0.306 e. The molecular formula is C69H110O6. The molecule has 0 saturated carbocycles. The molecule has 0 aromatic carbocycles. The zero-order valence-electron chi connectivity index (χ0n) is 48.3. The molecule has 0 aliphatic carbocycles. The third-order valence-electron chi connectivity index (χ3n) is 12.3. The lowest BCUT2D eigenvalue weighted by Crippen LogP contribution is -2.30. The number of rotatable bonds is 53. The van der Waals surface area contributed by atoms with Crippen molar-refractivity contribution in [3.8, 4) is 0 Å². The first-order chi connectivity index (χ1) is 37.0. The predicted octanol–water partition coefficient (Wildman–Crippen LogP) is 20.8. The zero-order valence-corrected chi connectivity index (χ0v) is 48.3. The van der Waals surface area contributed by atoms with Gasteiger partial charge in [0.2, 0.25) is 0 Å². The Labute approximate surface area is 461 Å². The first kappa shape index (κ1) is 70.3. The highest BCUT2D eigenvalue weighted by atomic mass is 16.6. The minimum atomic E-state index is -0.808. The molecule has 1 atom stereocenters. The lowest BCUT2D eigenvalue weighted by Gasteiger charge is -2.18. The molecule has 1 unspecified atom stereocenters. The molecule has 0 N–H and O–H groups in total. The average molecular weight is 1040 g/mol. The summed E-state index contributed by atoms with van der Waals surface area (Å²) in [5.41, 5.74) is 0. The SMILES string of the molecule is CC/C=C\C/C=C\C/C=C\C/C=C\C/C=C\CCCCCCCCCCCC(=O)OCC(COC(=O)CCCCC/C=C\C/C=C\C/C=C\CC)OC(=O)CCCCCCCC/C=C\C/C=C\C/C=C\C/C=C\CC. The maximum Gasteiger partial charge on any atom is 0.306 e. The van der Waals surface area contributed by atoms with Gasteiger partial charge in [0.15, 0.2) is 6.10 Å². The summed E-state index contributed by atoms with van der Waals surface area (Å²) in [5, 5.41) is 0. The quantitative estimate of drug-likeness (QED) is 0.0261. The predicted molar refractivity (Wildman–Crippen MR) is 325 cm³/mol. The van der Waals surface area contributed by atoms with Crippen LogP contribution in [-0.4, -0.2) is 37.2 Å². The summed E-state index contributed by atoms with van der Waals surface area (Å²) >= 11 is 0. The Hall–Kier alpha value is -4.71. The number of esters is 3. The van der Waals surface area contributed by atoms with Gasteiger partial charge in [-0.3, -0.25) is 14.4 Å². The van der Waals surface area contributed by atoms with Crippen LogP contribution in [0.4, 0.5) is 0 Å². The Morgan fingerprint density at radius 2 is 0.480 bits per heavy atom. The van der Waals surface area contributed by atoms with Gasteiger partial charge in [-0.15, -0.1) is 0 Å². The molecule has 6 nitrogen and oxygen atoms in total. The van der Waals surface area contributed by atoms with Crippen molar-refractivity contribution in [2.24, 2.45) is 0 Å². The number of ether oxygens (including phenoxy) is 3. The molecule has 0 saturated heterocycles. The van der Waals surface area contributed by atoms with E-state index in [9.17, 15) is 14.4 Å². The molecule has 0 fully saturated rings. The third-order valence-corrected chi connectivity index (χ3v) is 12.3. The molecular weight excluding hydrogens is 925 g/mol. The van der Waals surface area contributed by atoms with Gasteiger partial charge >= 0.3 is 17.9 Å². The normalized spacial score (nSPS) is 13.2. The second kappa shape index (κ2) is 61.8. The van der Waals surface area contributed by atoms with E-state index in [-0.39, 0.29) is 31.1 Å². The van der Waals surface area contributed by atoms with Gasteiger partial charge in [0, 0.05) is 19.3 Å². The number of hydrogen-bond acceptors (Lipinski definition) is 6. The standard InChI is InChI=1S/C69H110O6/c1-4-7-10-13-16-19-22-25-27-29-31-32-33-34-35-36-38-39-41-44-47-50-53-56-59-62-68(71)74-65-66(64-73-67(70)61-58-55-52-49-46-43-24-21-18-15-12-9-6-3)75-69(72)63-60-57-54-51-48-45-42-40-37-30-28-26-23-20-17-14-11-8-5-2/h7-12,16-21,25-28,31-32,34-35,37,40,43,46,66H,4-6,13-15,22-24,29-30,33,36,38-39,41-42,44-45,47-65H2,1-3H3/b10-7-,11-8-,12-9-,19-16-,20-17-,21-18-,27-25-,28-26-,32-31-,35-34-,40-37-,46-43-. The topological polar surface area (TPSA) is 78.9 Å². The van der Waals surface area contributed by atoms with Crippen LogP contribution in [0.1, 0.15) is 252 Å². The summed E-state index contributed by atoms with van der Waals surface area (Å²) < 4.78 is 16.9. The van der Waals surface area contributed by atoms with E-state index >= 15 is 0 Å². The number of hydrogen-bond donors (Lipinski definition) is 0. The Bertz CT molecular complexity index is 1660. The second-order valence-electron chi connectivity index (χ2n) is 19.5. The van der Waals surface area contributed by atoms with Crippen molar-refractivity contribution in [3.63, 3.8) is 0 Å². The van der Waals surface area contributed by atoms with E-state index < -0.39 is 6.10 Å². The minimum Gasteiger partial charge on any atom is -0.462 e. The molecule has 0 aromatic heterocycles. The fourth-order valence-corrected chi connectivity index (χ4v) is 7.89. The van der Waals surface area contributed by atoms with Crippen LogP contribution in [0.5, 0.6) is 0 Å². The maximum absolute atomic E-state index is 12.9. The molecule has 0 amide bonds. The number of carbonyl (C=O) groups excluding carboxylic acids is 3. The lowest BCUT2D eigenvalue weighted by molar-refractivity contribution is -0.167. The zero-order chi connectivity index (χ0) is 54.3. The van der Waals surface area contributed by atoms with Crippen LogP contribution >= 0.6 is 0 Å². The summed E-state index contributed by atoms with van der Waals surface area (Å²) in [6.07, 6.45) is 88.4. The van der Waals surface area contributed by atoms with Crippen molar-refractivity contribution in [1.29, 1.82) is 0 Å². The molecule has 0 aliphatic rings. The van der Waals surface area contributed by atoms with Crippen molar-refractivity contribution in [3.05, 3.63) is 146 Å². The van der Waals surface area contributed by atoms with Crippen LogP contribution in [0, 0.1) is 0 Å².